The van der Waals surface area contributed by atoms with Crippen molar-refractivity contribution in [2.45, 2.75) is 38.3 Å². The lowest BCUT2D eigenvalue weighted by Gasteiger charge is -2.10. The van der Waals surface area contributed by atoms with E-state index in [2.05, 4.69) is 117 Å². The Hall–Kier alpha value is -2.42. The van der Waals surface area contributed by atoms with Crippen LogP contribution in [0.1, 0.15) is 11.1 Å². The molecule has 1 unspecified atom stereocenters. The SMILES string of the molecule is Cc1ccc([S+](c2ccccc2)c2ccc(Sc3ccccc3)cc2)cc1C. The molecule has 0 spiro atoms. The third kappa shape index (κ3) is 4.35. The van der Waals surface area contributed by atoms with Crippen molar-refractivity contribution in [3.8, 4) is 0 Å². The van der Waals surface area contributed by atoms with Gasteiger partial charge >= 0.3 is 0 Å². The van der Waals surface area contributed by atoms with Gasteiger partial charge in [0.25, 0.3) is 0 Å². The first-order chi connectivity index (χ1) is 13.7. The van der Waals surface area contributed by atoms with Crippen molar-refractivity contribution < 1.29 is 0 Å². The average Bonchev–Trinajstić information content (AvgIpc) is 2.74. The molecule has 2 heteroatoms. The van der Waals surface area contributed by atoms with Gasteiger partial charge in [-0.05, 0) is 85.6 Å². The molecular formula is C26H23S2+. The number of hydrogen-bond acceptors (Lipinski definition) is 1. The number of rotatable bonds is 5. The fourth-order valence-corrected chi connectivity index (χ4v) is 6.06. The van der Waals surface area contributed by atoms with Gasteiger partial charge in [-0.15, -0.1) is 0 Å². The number of aryl methyl sites for hydroxylation is 2. The summed E-state index contributed by atoms with van der Waals surface area (Å²) in [5.41, 5.74) is 2.69. The zero-order valence-corrected chi connectivity index (χ0v) is 17.8. The summed E-state index contributed by atoms with van der Waals surface area (Å²) in [6.45, 7) is 4.38. The molecule has 0 aliphatic rings. The van der Waals surface area contributed by atoms with Crippen LogP contribution in [-0.4, -0.2) is 0 Å². The predicted molar refractivity (Wildman–Crippen MR) is 122 cm³/mol. The topological polar surface area (TPSA) is 0 Å². The van der Waals surface area contributed by atoms with Crippen molar-refractivity contribution in [3.05, 3.63) is 114 Å². The van der Waals surface area contributed by atoms with Crippen molar-refractivity contribution in [2.75, 3.05) is 0 Å². The van der Waals surface area contributed by atoms with E-state index in [1.165, 1.54) is 35.6 Å². The third-order valence-electron chi connectivity index (χ3n) is 4.73. The molecule has 0 saturated carbocycles. The predicted octanol–water partition coefficient (Wildman–Crippen LogP) is 7.55. The van der Waals surface area contributed by atoms with Crippen LogP contribution in [0.4, 0.5) is 0 Å². The molecule has 0 fully saturated rings. The first-order valence-electron chi connectivity index (χ1n) is 9.40. The van der Waals surface area contributed by atoms with Gasteiger partial charge in [0.2, 0.25) is 0 Å². The molecule has 0 amide bonds. The Morgan fingerprint density at radius 3 is 1.68 bits per heavy atom. The van der Waals surface area contributed by atoms with Crippen molar-refractivity contribution in [1.29, 1.82) is 0 Å². The van der Waals surface area contributed by atoms with E-state index in [9.17, 15) is 0 Å². The van der Waals surface area contributed by atoms with Crippen molar-refractivity contribution in [3.63, 3.8) is 0 Å². The summed E-state index contributed by atoms with van der Waals surface area (Å²) in [6, 6.07) is 37.3. The van der Waals surface area contributed by atoms with Gasteiger partial charge in [-0.2, -0.15) is 0 Å². The summed E-state index contributed by atoms with van der Waals surface area (Å²) in [6.07, 6.45) is 0. The minimum absolute atomic E-state index is 0.0972. The lowest BCUT2D eigenvalue weighted by molar-refractivity contribution is 1.24. The first kappa shape index (κ1) is 18.9. The van der Waals surface area contributed by atoms with Crippen LogP contribution < -0.4 is 0 Å². The van der Waals surface area contributed by atoms with E-state index in [0.29, 0.717) is 0 Å². The van der Waals surface area contributed by atoms with Crippen LogP contribution in [0.3, 0.4) is 0 Å². The average molecular weight is 400 g/mol. The molecule has 4 aromatic rings. The summed E-state index contributed by atoms with van der Waals surface area (Å²) in [5.74, 6) is 0. The highest BCUT2D eigenvalue weighted by molar-refractivity contribution is 7.99. The lowest BCUT2D eigenvalue weighted by Crippen LogP contribution is -2.05. The largest absolute Gasteiger partial charge is 0.166 e. The van der Waals surface area contributed by atoms with Crippen LogP contribution >= 0.6 is 11.8 Å². The Bertz CT molecular complexity index is 1040. The number of hydrogen-bond donors (Lipinski definition) is 0. The molecule has 0 radical (unpaired) electrons. The van der Waals surface area contributed by atoms with E-state index in [1.54, 1.807) is 0 Å². The van der Waals surface area contributed by atoms with Gasteiger partial charge in [0, 0.05) is 9.79 Å². The number of benzene rings is 4. The van der Waals surface area contributed by atoms with Gasteiger partial charge in [-0.1, -0.05) is 54.2 Å². The summed E-state index contributed by atoms with van der Waals surface area (Å²) in [5, 5.41) is 0. The lowest BCUT2D eigenvalue weighted by atomic mass is 10.1. The molecule has 0 aromatic heterocycles. The van der Waals surface area contributed by atoms with Crippen LogP contribution in [0.2, 0.25) is 0 Å². The molecule has 0 bridgehead atoms. The van der Waals surface area contributed by atoms with Gasteiger partial charge in [0.1, 0.15) is 0 Å². The van der Waals surface area contributed by atoms with E-state index in [-0.39, 0.29) is 10.9 Å². The maximum Gasteiger partial charge on any atom is 0.166 e. The van der Waals surface area contributed by atoms with Gasteiger partial charge < -0.3 is 0 Å². The highest BCUT2D eigenvalue weighted by Gasteiger charge is 2.28. The molecular weight excluding hydrogens is 376 g/mol. The molecule has 4 rings (SSSR count). The van der Waals surface area contributed by atoms with Crippen LogP contribution in [0.25, 0.3) is 0 Å². The minimum atomic E-state index is -0.0972. The first-order valence-corrected chi connectivity index (χ1v) is 11.4. The Balaban J connectivity index is 1.69. The Morgan fingerprint density at radius 1 is 0.500 bits per heavy atom. The molecule has 1 atom stereocenters. The van der Waals surface area contributed by atoms with Crippen LogP contribution in [-0.2, 0) is 10.9 Å². The van der Waals surface area contributed by atoms with E-state index >= 15 is 0 Å². The highest BCUT2D eigenvalue weighted by atomic mass is 32.2. The smallest absolute Gasteiger partial charge is 0.0901 e. The van der Waals surface area contributed by atoms with Crippen molar-refractivity contribution in [1.82, 2.24) is 0 Å². The molecule has 0 N–H and O–H groups in total. The summed E-state index contributed by atoms with van der Waals surface area (Å²) >= 11 is 1.81. The monoisotopic (exact) mass is 399 g/mol. The van der Waals surface area contributed by atoms with Gasteiger partial charge in [0.05, 0.1) is 10.9 Å². The normalized spacial score (nSPS) is 11.9. The highest BCUT2D eigenvalue weighted by Crippen LogP contribution is 2.34. The maximum atomic E-state index is 2.35. The van der Waals surface area contributed by atoms with E-state index < -0.39 is 0 Å². The summed E-state index contributed by atoms with van der Waals surface area (Å²) < 4.78 is 0. The van der Waals surface area contributed by atoms with Gasteiger partial charge in [-0.25, -0.2) is 0 Å². The molecule has 0 heterocycles. The van der Waals surface area contributed by atoms with Gasteiger partial charge in [-0.3, -0.25) is 0 Å². The van der Waals surface area contributed by atoms with Crippen LogP contribution in [0.5, 0.6) is 0 Å². The van der Waals surface area contributed by atoms with E-state index in [4.69, 9.17) is 0 Å². The van der Waals surface area contributed by atoms with Crippen molar-refractivity contribution >= 4 is 22.7 Å². The Labute approximate surface area is 175 Å². The molecule has 28 heavy (non-hydrogen) atoms. The quantitative estimate of drug-likeness (QED) is 0.312. The second-order valence-electron chi connectivity index (χ2n) is 6.75. The third-order valence-corrected chi connectivity index (χ3v) is 7.96. The minimum Gasteiger partial charge on any atom is -0.0901 e. The summed E-state index contributed by atoms with van der Waals surface area (Å²) in [7, 11) is -0.0972. The second kappa shape index (κ2) is 8.72. The maximum absolute atomic E-state index is 2.35. The van der Waals surface area contributed by atoms with Crippen LogP contribution in [0, 0.1) is 13.8 Å². The zero-order chi connectivity index (χ0) is 19.3. The fraction of sp³-hybridized carbons (Fsp3) is 0.0769. The molecule has 138 valence electrons. The van der Waals surface area contributed by atoms with Crippen LogP contribution in [0.15, 0.2) is 128 Å². The zero-order valence-electron chi connectivity index (χ0n) is 16.1. The van der Waals surface area contributed by atoms with Gasteiger partial charge in [0.15, 0.2) is 14.7 Å². The fourth-order valence-electron chi connectivity index (χ4n) is 3.07. The van der Waals surface area contributed by atoms with E-state index in [0.717, 1.165) is 0 Å². The standard InChI is InChI=1S/C26H23S2/c1-20-13-16-26(19-21(20)2)28(24-11-7-4-8-12-24)25-17-14-23(15-18-25)27-22-9-5-3-6-10-22/h3-19H,1-2H3/q+1. The molecule has 0 nitrogen and oxygen atoms in total. The van der Waals surface area contributed by atoms with E-state index in [1.807, 2.05) is 11.8 Å². The molecule has 0 aliphatic heterocycles. The summed E-state index contributed by atoms with van der Waals surface area (Å²) in [4.78, 5) is 6.62. The molecule has 0 aliphatic carbocycles. The Morgan fingerprint density at radius 2 is 1.04 bits per heavy atom. The van der Waals surface area contributed by atoms with Crippen molar-refractivity contribution in [2.24, 2.45) is 0 Å². The second-order valence-corrected chi connectivity index (χ2v) is 9.93. The Kier molecular flexibility index (Phi) is 5.90. The molecule has 4 aromatic carbocycles. The molecule has 0 saturated heterocycles.